The summed E-state index contributed by atoms with van der Waals surface area (Å²) in [6.07, 6.45) is 2.22. The number of ether oxygens (including phenoxy) is 1. The number of furan rings is 1. The molecule has 1 unspecified atom stereocenters. The van der Waals surface area contributed by atoms with Gasteiger partial charge in [0.2, 0.25) is 5.55 Å². The Morgan fingerprint density at radius 2 is 1.75 bits per heavy atom. The normalized spacial score (nSPS) is 16.4. The number of hydrogen-bond acceptors (Lipinski definition) is 7. The zero-order valence-corrected chi connectivity index (χ0v) is 16.2. The Morgan fingerprint density at radius 3 is 2.36 bits per heavy atom. The average molecular weight is 397 g/mol. The van der Waals surface area contributed by atoms with Gasteiger partial charge in [0, 0.05) is 11.9 Å². The van der Waals surface area contributed by atoms with Gasteiger partial charge in [0.05, 0.1) is 23.5 Å². The molecule has 7 nitrogen and oxygen atoms in total. The predicted molar refractivity (Wildman–Crippen MR) is 105 cm³/mol. The second-order valence-electron chi connectivity index (χ2n) is 6.44. The highest BCUT2D eigenvalue weighted by molar-refractivity contribution is 7.90. The average Bonchev–Trinajstić information content (AvgIpc) is 3.17. The quantitative estimate of drug-likeness (QED) is 0.717. The third-order valence-corrected chi connectivity index (χ3v) is 5.75. The maximum Gasteiger partial charge on any atom is 0.227 e. The van der Waals surface area contributed by atoms with Crippen LogP contribution in [0.25, 0.3) is 5.82 Å². The first-order valence-corrected chi connectivity index (χ1v) is 10.4. The maximum atomic E-state index is 11.8. The van der Waals surface area contributed by atoms with Crippen LogP contribution in [0.3, 0.4) is 0 Å². The van der Waals surface area contributed by atoms with E-state index in [9.17, 15) is 8.42 Å². The molecule has 1 aliphatic heterocycles. The Kier molecular flexibility index (Phi) is 4.35. The van der Waals surface area contributed by atoms with E-state index in [0.29, 0.717) is 16.6 Å². The number of methoxy groups -OCH3 is 1. The first-order chi connectivity index (χ1) is 13.4. The number of rotatable bonds is 4. The van der Waals surface area contributed by atoms with Crippen LogP contribution >= 0.6 is 0 Å². The van der Waals surface area contributed by atoms with Gasteiger partial charge in [0.1, 0.15) is 11.6 Å². The zero-order chi connectivity index (χ0) is 19.9. The molecule has 3 aromatic rings. The molecule has 8 heteroatoms. The number of hydrogen-bond donors (Lipinski definition) is 1. The Morgan fingerprint density at radius 1 is 1.07 bits per heavy atom. The van der Waals surface area contributed by atoms with E-state index >= 15 is 0 Å². The lowest BCUT2D eigenvalue weighted by Crippen LogP contribution is -2.43. The topological polar surface area (TPSA) is 98.1 Å². The highest BCUT2D eigenvalue weighted by atomic mass is 32.2. The molecule has 144 valence electrons. The van der Waals surface area contributed by atoms with Crippen molar-refractivity contribution in [2.24, 2.45) is 10.7 Å². The molecule has 28 heavy (non-hydrogen) atoms. The van der Waals surface area contributed by atoms with Crippen molar-refractivity contribution < 1.29 is 17.6 Å². The van der Waals surface area contributed by atoms with E-state index in [2.05, 4.69) is 0 Å². The van der Waals surface area contributed by atoms with Gasteiger partial charge in [-0.3, -0.25) is 0 Å². The van der Waals surface area contributed by atoms with Crippen molar-refractivity contribution in [3.63, 3.8) is 0 Å². The lowest BCUT2D eigenvalue weighted by Gasteiger charge is -2.32. The van der Waals surface area contributed by atoms with Crippen molar-refractivity contribution in [3.05, 3.63) is 77.2 Å². The van der Waals surface area contributed by atoms with Gasteiger partial charge in [0.15, 0.2) is 16.0 Å². The monoisotopic (exact) mass is 397 g/mol. The molecular weight excluding hydrogens is 378 g/mol. The van der Waals surface area contributed by atoms with Crippen LogP contribution in [-0.4, -0.2) is 21.8 Å². The second kappa shape index (κ2) is 6.72. The van der Waals surface area contributed by atoms with Crippen molar-refractivity contribution in [3.8, 4) is 5.75 Å². The van der Waals surface area contributed by atoms with E-state index in [1.165, 1.54) is 6.26 Å². The lowest BCUT2D eigenvalue weighted by molar-refractivity contribution is 0.415. The first-order valence-electron chi connectivity index (χ1n) is 8.53. The summed E-state index contributed by atoms with van der Waals surface area (Å²) in [5, 5.41) is 0.708. The summed E-state index contributed by atoms with van der Waals surface area (Å²) in [5.74, 6) is 1.23. The largest absolute Gasteiger partial charge is 0.497 e. The molecular formula is C20H19N3O4S. The Bertz CT molecular complexity index is 1230. The van der Waals surface area contributed by atoms with Crippen LogP contribution in [0.1, 0.15) is 11.7 Å². The molecule has 0 aliphatic carbocycles. The van der Waals surface area contributed by atoms with Crippen LogP contribution in [0, 0.1) is 0 Å². The summed E-state index contributed by atoms with van der Waals surface area (Å²) >= 11 is 0. The molecule has 0 amide bonds. The van der Waals surface area contributed by atoms with Crippen LogP contribution in [0.15, 0.2) is 75.2 Å². The molecule has 1 atom stereocenters. The summed E-state index contributed by atoms with van der Waals surface area (Å²) in [5.41, 5.74) is 8.51. The summed E-state index contributed by atoms with van der Waals surface area (Å²) in [4.78, 5) is 6.83. The standard InChI is InChI=1S/C20H19N3O4S/c1-26-15-7-5-14(6-8-15)23-18(21)17-11-12-27-20(17)22-19(23)13-3-9-16(10-4-13)28(2,24)25/h3-12,19H,21H2,1-2H3. The number of anilines is 1. The number of sulfone groups is 1. The van der Waals surface area contributed by atoms with E-state index in [0.717, 1.165) is 17.0 Å². The molecule has 0 saturated carbocycles. The van der Waals surface area contributed by atoms with Crippen molar-refractivity contribution in [2.75, 3.05) is 18.3 Å². The third kappa shape index (κ3) is 3.11. The molecule has 0 fully saturated rings. The minimum absolute atomic E-state index is 0.249. The molecule has 2 heterocycles. The summed E-state index contributed by atoms with van der Waals surface area (Å²) in [6, 6.07) is 15.9. The van der Waals surface area contributed by atoms with Gasteiger partial charge in [-0.05, 0) is 48.0 Å². The molecule has 1 aliphatic rings. The van der Waals surface area contributed by atoms with Crippen molar-refractivity contribution in [2.45, 2.75) is 11.1 Å². The molecule has 0 saturated heterocycles. The smallest absolute Gasteiger partial charge is 0.227 e. The van der Waals surface area contributed by atoms with E-state index in [4.69, 9.17) is 19.9 Å². The highest BCUT2D eigenvalue weighted by Crippen LogP contribution is 2.33. The van der Waals surface area contributed by atoms with E-state index in [1.807, 2.05) is 29.2 Å². The lowest BCUT2D eigenvalue weighted by atomic mass is 10.1. The van der Waals surface area contributed by atoms with Gasteiger partial charge in [-0.1, -0.05) is 12.1 Å². The van der Waals surface area contributed by atoms with Gasteiger partial charge < -0.3 is 19.8 Å². The fourth-order valence-electron chi connectivity index (χ4n) is 3.16. The molecule has 1 aromatic heterocycles. The SMILES string of the molecule is COc1ccc(N2C(N)=c3ccoc3=NC2c2ccc(S(C)(=O)=O)cc2)cc1. The van der Waals surface area contributed by atoms with Gasteiger partial charge >= 0.3 is 0 Å². The predicted octanol–water partition coefficient (Wildman–Crippen LogP) is 1.55. The Hall–Kier alpha value is -3.26. The summed E-state index contributed by atoms with van der Waals surface area (Å²) < 4.78 is 34.2. The van der Waals surface area contributed by atoms with Gasteiger partial charge in [0.25, 0.3) is 0 Å². The minimum Gasteiger partial charge on any atom is -0.497 e. The molecule has 4 rings (SSSR count). The van der Waals surface area contributed by atoms with Crippen LogP contribution in [-0.2, 0) is 9.84 Å². The van der Waals surface area contributed by atoms with Gasteiger partial charge in [-0.2, -0.15) is 0 Å². The number of nitrogens with two attached hydrogens (primary N) is 1. The maximum absolute atomic E-state index is 11.8. The Labute approximate surface area is 162 Å². The van der Waals surface area contributed by atoms with Crippen molar-refractivity contribution in [1.82, 2.24) is 0 Å². The zero-order valence-electron chi connectivity index (χ0n) is 15.4. The fourth-order valence-corrected chi connectivity index (χ4v) is 3.79. The number of nitrogens with zero attached hydrogens (tertiary/aromatic N) is 2. The highest BCUT2D eigenvalue weighted by Gasteiger charge is 2.27. The van der Waals surface area contributed by atoms with E-state index in [-0.39, 0.29) is 4.90 Å². The Balaban J connectivity index is 1.85. The van der Waals surface area contributed by atoms with Crippen LogP contribution in [0.5, 0.6) is 5.75 Å². The first kappa shape index (κ1) is 18.1. The third-order valence-electron chi connectivity index (χ3n) is 4.62. The molecule has 0 bridgehead atoms. The van der Waals surface area contributed by atoms with Gasteiger partial charge in [-0.25, -0.2) is 13.4 Å². The second-order valence-corrected chi connectivity index (χ2v) is 8.45. The van der Waals surface area contributed by atoms with Crippen molar-refractivity contribution in [1.29, 1.82) is 0 Å². The van der Waals surface area contributed by atoms with Crippen molar-refractivity contribution >= 4 is 21.3 Å². The molecule has 2 N–H and O–H groups in total. The molecule has 0 spiro atoms. The van der Waals surface area contributed by atoms with Crippen LogP contribution < -0.4 is 26.1 Å². The van der Waals surface area contributed by atoms with Crippen LogP contribution in [0.4, 0.5) is 5.69 Å². The number of fused-ring (bicyclic) bond motifs is 1. The molecule has 2 aromatic carbocycles. The fraction of sp³-hybridized carbons (Fsp3) is 0.150. The summed E-state index contributed by atoms with van der Waals surface area (Å²) in [7, 11) is -1.67. The van der Waals surface area contributed by atoms with E-state index < -0.39 is 16.0 Å². The molecule has 0 radical (unpaired) electrons. The van der Waals surface area contributed by atoms with E-state index in [1.54, 1.807) is 43.7 Å². The minimum atomic E-state index is -3.28. The van der Waals surface area contributed by atoms with Crippen LogP contribution in [0.2, 0.25) is 0 Å². The summed E-state index contributed by atoms with van der Waals surface area (Å²) in [6.45, 7) is 0. The number of benzene rings is 2. The van der Waals surface area contributed by atoms with Gasteiger partial charge in [-0.15, -0.1) is 0 Å².